The second-order valence-electron chi connectivity index (χ2n) is 6.93. The molecule has 8 nitrogen and oxygen atoms in total. The van der Waals surface area contributed by atoms with Crippen molar-refractivity contribution in [3.63, 3.8) is 0 Å². The van der Waals surface area contributed by atoms with Gasteiger partial charge in [-0.1, -0.05) is 13.8 Å². The van der Waals surface area contributed by atoms with E-state index in [1.54, 1.807) is 17.9 Å². The van der Waals surface area contributed by atoms with Crippen LogP contribution in [0.2, 0.25) is 0 Å². The molecule has 1 saturated heterocycles. The predicted molar refractivity (Wildman–Crippen MR) is 97.0 cm³/mol. The summed E-state index contributed by atoms with van der Waals surface area (Å²) in [6.07, 6.45) is 1.04. The third-order valence-electron chi connectivity index (χ3n) is 4.31. The van der Waals surface area contributed by atoms with Gasteiger partial charge in [0.25, 0.3) is 5.69 Å². The van der Waals surface area contributed by atoms with Gasteiger partial charge in [-0.25, -0.2) is 4.79 Å². The number of nitro benzene ring substituents is 1. The fraction of sp³-hybridized carbons (Fsp3) is 0.556. The van der Waals surface area contributed by atoms with Crippen LogP contribution in [0.5, 0.6) is 0 Å². The first-order valence-electron chi connectivity index (χ1n) is 8.69. The summed E-state index contributed by atoms with van der Waals surface area (Å²) in [5.74, 6) is 0.290. The number of ether oxygens (including phenoxy) is 1. The number of amides is 1. The molecule has 1 aliphatic heterocycles. The number of piperidine rings is 1. The van der Waals surface area contributed by atoms with Crippen molar-refractivity contribution in [3.8, 4) is 6.07 Å². The minimum atomic E-state index is -0.485. The van der Waals surface area contributed by atoms with Crippen LogP contribution in [0.3, 0.4) is 0 Å². The summed E-state index contributed by atoms with van der Waals surface area (Å²) in [5, 5.41) is 23.6. The number of aryl methyl sites for hydroxylation is 1. The van der Waals surface area contributed by atoms with E-state index in [-0.39, 0.29) is 17.8 Å². The summed E-state index contributed by atoms with van der Waals surface area (Å²) < 4.78 is 5.23. The minimum Gasteiger partial charge on any atom is -0.449 e. The molecule has 0 saturated carbocycles. The Balaban J connectivity index is 1.99. The minimum absolute atomic E-state index is 0.0233. The second-order valence-corrected chi connectivity index (χ2v) is 6.93. The number of anilines is 1. The highest BCUT2D eigenvalue weighted by atomic mass is 16.6. The van der Waals surface area contributed by atoms with E-state index in [0.717, 1.165) is 0 Å². The fourth-order valence-electron chi connectivity index (χ4n) is 2.84. The van der Waals surface area contributed by atoms with E-state index in [4.69, 9.17) is 10.00 Å². The highest BCUT2D eigenvalue weighted by Crippen LogP contribution is 2.30. The summed E-state index contributed by atoms with van der Waals surface area (Å²) in [4.78, 5) is 24.5. The summed E-state index contributed by atoms with van der Waals surface area (Å²) in [6, 6.07) is 4.93. The van der Waals surface area contributed by atoms with Crippen molar-refractivity contribution in [2.24, 2.45) is 5.92 Å². The lowest BCUT2D eigenvalue weighted by Gasteiger charge is -2.32. The van der Waals surface area contributed by atoms with Gasteiger partial charge in [-0.3, -0.25) is 10.1 Å². The number of nitrogens with one attached hydrogen (secondary N) is 1. The molecule has 0 radical (unpaired) electrons. The van der Waals surface area contributed by atoms with E-state index < -0.39 is 4.92 Å². The first-order chi connectivity index (χ1) is 12.3. The van der Waals surface area contributed by atoms with Crippen molar-refractivity contribution >= 4 is 17.5 Å². The van der Waals surface area contributed by atoms with Gasteiger partial charge in [0.15, 0.2) is 0 Å². The van der Waals surface area contributed by atoms with Gasteiger partial charge in [0.1, 0.15) is 5.69 Å². The molecule has 1 aromatic rings. The zero-order valence-corrected chi connectivity index (χ0v) is 15.3. The Kier molecular flexibility index (Phi) is 6.39. The molecule has 1 aliphatic rings. The van der Waals surface area contributed by atoms with E-state index in [9.17, 15) is 14.9 Å². The average molecular weight is 360 g/mol. The maximum Gasteiger partial charge on any atom is 0.409 e. The number of nitriles is 1. The van der Waals surface area contributed by atoms with Crippen molar-refractivity contribution in [2.45, 2.75) is 39.7 Å². The highest BCUT2D eigenvalue weighted by Gasteiger charge is 2.26. The van der Waals surface area contributed by atoms with Crippen molar-refractivity contribution < 1.29 is 14.5 Å². The Morgan fingerprint density at radius 3 is 2.65 bits per heavy atom. The molecule has 0 spiro atoms. The maximum absolute atomic E-state index is 12.0. The van der Waals surface area contributed by atoms with E-state index in [2.05, 4.69) is 5.32 Å². The molecule has 8 heteroatoms. The van der Waals surface area contributed by atoms with Crippen LogP contribution in [-0.4, -0.2) is 41.7 Å². The normalized spacial score (nSPS) is 14.8. The van der Waals surface area contributed by atoms with Crippen LogP contribution in [0, 0.1) is 34.3 Å². The number of carbonyl (C=O) groups excluding carboxylic acids is 1. The molecule has 1 fully saturated rings. The Morgan fingerprint density at radius 2 is 2.12 bits per heavy atom. The van der Waals surface area contributed by atoms with Gasteiger partial charge in [-0.2, -0.15) is 5.26 Å². The van der Waals surface area contributed by atoms with Gasteiger partial charge < -0.3 is 15.0 Å². The maximum atomic E-state index is 12.0. The molecule has 1 amide bonds. The van der Waals surface area contributed by atoms with Crippen molar-refractivity contribution in [1.29, 1.82) is 5.26 Å². The lowest BCUT2D eigenvalue weighted by molar-refractivity contribution is -0.384. The lowest BCUT2D eigenvalue weighted by atomic mass is 10.0. The SMILES string of the molecule is Cc1cc(NC2CCN(C(=O)OCC(C)C)CC2)c([N+](=O)[O-])cc1C#N. The smallest absolute Gasteiger partial charge is 0.409 e. The molecule has 0 bridgehead atoms. The predicted octanol–water partition coefficient (Wildman–Crippen LogP) is 3.44. The van der Waals surface area contributed by atoms with Crippen LogP contribution in [0.15, 0.2) is 12.1 Å². The van der Waals surface area contributed by atoms with Crippen molar-refractivity contribution in [1.82, 2.24) is 4.90 Å². The highest BCUT2D eigenvalue weighted by molar-refractivity contribution is 5.68. The molecule has 1 N–H and O–H groups in total. The molecule has 2 rings (SSSR count). The fourth-order valence-corrected chi connectivity index (χ4v) is 2.84. The monoisotopic (exact) mass is 360 g/mol. The summed E-state index contributed by atoms with van der Waals surface area (Å²) in [6.45, 7) is 7.19. The number of hydrogen-bond donors (Lipinski definition) is 1. The largest absolute Gasteiger partial charge is 0.449 e. The van der Waals surface area contributed by atoms with Crippen LogP contribution in [-0.2, 0) is 4.74 Å². The zero-order valence-electron chi connectivity index (χ0n) is 15.3. The molecule has 0 atom stereocenters. The van der Waals surface area contributed by atoms with Crippen LogP contribution in [0.1, 0.15) is 37.8 Å². The number of hydrogen-bond acceptors (Lipinski definition) is 6. The van der Waals surface area contributed by atoms with E-state index >= 15 is 0 Å². The van der Waals surface area contributed by atoms with Crippen LogP contribution >= 0.6 is 0 Å². The van der Waals surface area contributed by atoms with Crippen molar-refractivity contribution in [3.05, 3.63) is 33.4 Å². The molecule has 0 aliphatic carbocycles. The van der Waals surface area contributed by atoms with Crippen LogP contribution < -0.4 is 5.32 Å². The lowest BCUT2D eigenvalue weighted by Crippen LogP contribution is -2.43. The summed E-state index contributed by atoms with van der Waals surface area (Å²) >= 11 is 0. The van der Waals surface area contributed by atoms with Crippen LogP contribution in [0.4, 0.5) is 16.2 Å². The molecule has 1 aromatic carbocycles. The molecule has 140 valence electrons. The summed E-state index contributed by atoms with van der Waals surface area (Å²) in [5.41, 5.74) is 1.29. The molecule has 0 unspecified atom stereocenters. The van der Waals surface area contributed by atoms with E-state index in [1.807, 2.05) is 19.9 Å². The Labute approximate surface area is 152 Å². The zero-order chi connectivity index (χ0) is 19.3. The van der Waals surface area contributed by atoms with E-state index in [0.29, 0.717) is 55.3 Å². The average Bonchev–Trinajstić information content (AvgIpc) is 2.60. The van der Waals surface area contributed by atoms with Crippen molar-refractivity contribution in [2.75, 3.05) is 25.0 Å². The quantitative estimate of drug-likeness (QED) is 0.636. The van der Waals surface area contributed by atoms with E-state index in [1.165, 1.54) is 6.07 Å². The molecule has 1 heterocycles. The van der Waals surface area contributed by atoms with Gasteiger partial charge in [-0.05, 0) is 37.3 Å². The van der Waals surface area contributed by atoms with Gasteiger partial charge in [0.05, 0.1) is 23.2 Å². The Bertz CT molecular complexity index is 719. The molecule has 0 aromatic heterocycles. The number of nitro groups is 1. The number of benzene rings is 1. The Hall–Kier alpha value is -2.82. The van der Waals surface area contributed by atoms with Gasteiger partial charge in [0.2, 0.25) is 0 Å². The Morgan fingerprint density at radius 1 is 1.46 bits per heavy atom. The molecular formula is C18H24N4O4. The van der Waals surface area contributed by atoms with Crippen LogP contribution in [0.25, 0.3) is 0 Å². The number of rotatable bonds is 5. The van der Waals surface area contributed by atoms with Gasteiger partial charge in [-0.15, -0.1) is 0 Å². The summed E-state index contributed by atoms with van der Waals surface area (Å²) in [7, 11) is 0. The third-order valence-corrected chi connectivity index (χ3v) is 4.31. The molecular weight excluding hydrogens is 336 g/mol. The third kappa shape index (κ3) is 4.85. The van der Waals surface area contributed by atoms with Gasteiger partial charge >= 0.3 is 6.09 Å². The topological polar surface area (TPSA) is 108 Å². The van der Waals surface area contributed by atoms with Gasteiger partial charge in [0, 0.05) is 25.2 Å². The first kappa shape index (κ1) is 19.5. The number of carbonyl (C=O) groups is 1. The first-order valence-corrected chi connectivity index (χ1v) is 8.69. The standard InChI is InChI=1S/C18H24N4O4/c1-12(2)11-26-18(23)21-6-4-15(5-7-21)20-16-8-13(3)14(10-19)9-17(16)22(24)25/h8-9,12,15,20H,4-7,11H2,1-3H3. The molecule has 26 heavy (non-hydrogen) atoms. The second kappa shape index (κ2) is 8.52. The number of nitrogens with zero attached hydrogens (tertiary/aromatic N) is 3. The number of likely N-dealkylation sites (tertiary alicyclic amines) is 1.